The van der Waals surface area contributed by atoms with Crippen molar-refractivity contribution < 1.29 is 14.6 Å². The fraction of sp³-hybridized carbons (Fsp3) is 0.321. The SMILES string of the molecule is Cc1cc(C)c(C)c(OCC(O)Cn2c(COc3c(C)cccc3C)nc3ccccc32)c1. The summed E-state index contributed by atoms with van der Waals surface area (Å²) in [6.07, 6.45) is -0.693. The second kappa shape index (κ2) is 9.67. The Morgan fingerprint density at radius 1 is 0.879 bits per heavy atom. The van der Waals surface area contributed by atoms with E-state index >= 15 is 0 Å². The van der Waals surface area contributed by atoms with Crippen molar-refractivity contribution in [2.45, 2.75) is 53.9 Å². The van der Waals surface area contributed by atoms with Gasteiger partial charge in [0.1, 0.15) is 36.6 Å². The average molecular weight is 445 g/mol. The first-order valence-electron chi connectivity index (χ1n) is 11.4. The molecule has 1 N–H and O–H groups in total. The first-order chi connectivity index (χ1) is 15.8. The third kappa shape index (κ3) is 5.04. The lowest BCUT2D eigenvalue weighted by Gasteiger charge is -2.18. The molecule has 1 unspecified atom stereocenters. The molecule has 172 valence electrons. The van der Waals surface area contributed by atoms with Crippen LogP contribution in [0.2, 0.25) is 0 Å². The number of benzene rings is 3. The zero-order valence-electron chi connectivity index (χ0n) is 20.1. The van der Waals surface area contributed by atoms with E-state index in [1.807, 2.05) is 73.9 Å². The van der Waals surface area contributed by atoms with Crippen LogP contribution in [0.3, 0.4) is 0 Å². The number of aromatic nitrogens is 2. The van der Waals surface area contributed by atoms with Crippen molar-refractivity contribution in [3.63, 3.8) is 0 Å². The summed E-state index contributed by atoms with van der Waals surface area (Å²) in [5.41, 5.74) is 7.48. The molecule has 0 amide bonds. The van der Waals surface area contributed by atoms with Crippen LogP contribution in [0, 0.1) is 34.6 Å². The van der Waals surface area contributed by atoms with Crippen molar-refractivity contribution in [1.29, 1.82) is 0 Å². The summed E-state index contributed by atoms with van der Waals surface area (Å²) < 4.78 is 14.2. The lowest BCUT2D eigenvalue weighted by atomic mass is 10.1. The predicted molar refractivity (Wildman–Crippen MR) is 132 cm³/mol. The number of hydrogen-bond acceptors (Lipinski definition) is 4. The summed E-state index contributed by atoms with van der Waals surface area (Å²) in [4.78, 5) is 4.78. The molecule has 0 aliphatic heterocycles. The van der Waals surface area contributed by atoms with Crippen LogP contribution >= 0.6 is 0 Å². The van der Waals surface area contributed by atoms with Crippen LogP contribution in [0.4, 0.5) is 0 Å². The van der Waals surface area contributed by atoms with Gasteiger partial charge in [0.15, 0.2) is 0 Å². The quantitative estimate of drug-likeness (QED) is 0.384. The lowest BCUT2D eigenvalue weighted by molar-refractivity contribution is 0.0913. The number of hydrogen-bond donors (Lipinski definition) is 1. The molecule has 0 aliphatic carbocycles. The van der Waals surface area contributed by atoms with E-state index in [1.165, 1.54) is 5.56 Å². The number of rotatable bonds is 8. The van der Waals surface area contributed by atoms with E-state index in [9.17, 15) is 5.11 Å². The van der Waals surface area contributed by atoms with E-state index in [1.54, 1.807) is 0 Å². The second-order valence-corrected chi connectivity index (χ2v) is 8.81. The first-order valence-corrected chi connectivity index (χ1v) is 11.4. The molecule has 3 aromatic carbocycles. The van der Waals surface area contributed by atoms with E-state index in [4.69, 9.17) is 14.5 Å². The van der Waals surface area contributed by atoms with Crippen molar-refractivity contribution in [2.75, 3.05) is 6.61 Å². The van der Waals surface area contributed by atoms with Crippen LogP contribution in [0.15, 0.2) is 54.6 Å². The molecule has 0 radical (unpaired) electrons. The molecule has 5 nitrogen and oxygen atoms in total. The normalized spacial score (nSPS) is 12.2. The van der Waals surface area contributed by atoms with Crippen molar-refractivity contribution in [1.82, 2.24) is 9.55 Å². The van der Waals surface area contributed by atoms with Crippen LogP contribution in [0.1, 0.15) is 33.6 Å². The van der Waals surface area contributed by atoms with Gasteiger partial charge in [-0.2, -0.15) is 0 Å². The highest BCUT2D eigenvalue weighted by atomic mass is 16.5. The smallest absolute Gasteiger partial charge is 0.148 e. The van der Waals surface area contributed by atoms with Crippen LogP contribution in [-0.4, -0.2) is 27.4 Å². The Labute approximate surface area is 195 Å². The molecule has 0 aliphatic rings. The van der Waals surface area contributed by atoms with Gasteiger partial charge in [0, 0.05) is 0 Å². The highest BCUT2D eigenvalue weighted by Crippen LogP contribution is 2.26. The predicted octanol–water partition coefficient (Wildman–Crippen LogP) is 5.60. The molecule has 0 saturated heterocycles. The van der Waals surface area contributed by atoms with E-state index in [0.29, 0.717) is 13.2 Å². The molecular formula is C28H32N2O3. The fourth-order valence-electron chi connectivity index (χ4n) is 4.20. The van der Waals surface area contributed by atoms with Gasteiger partial charge in [-0.15, -0.1) is 0 Å². The number of ether oxygens (including phenoxy) is 2. The summed E-state index contributed by atoms with van der Waals surface area (Å²) in [6.45, 7) is 11.2. The van der Waals surface area contributed by atoms with Gasteiger partial charge in [-0.25, -0.2) is 4.98 Å². The summed E-state index contributed by atoms with van der Waals surface area (Å²) >= 11 is 0. The number of aliphatic hydroxyl groups excluding tert-OH is 1. The highest BCUT2D eigenvalue weighted by molar-refractivity contribution is 5.75. The Bertz CT molecular complexity index is 1260. The van der Waals surface area contributed by atoms with Crippen molar-refractivity contribution >= 4 is 11.0 Å². The summed E-state index contributed by atoms with van der Waals surface area (Å²) in [6, 6.07) is 18.2. The molecule has 0 saturated carbocycles. The molecule has 4 aromatic rings. The Morgan fingerprint density at radius 3 is 2.36 bits per heavy atom. The monoisotopic (exact) mass is 444 g/mol. The maximum Gasteiger partial charge on any atom is 0.148 e. The molecule has 4 rings (SSSR count). The van der Waals surface area contributed by atoms with Crippen LogP contribution in [0.5, 0.6) is 11.5 Å². The lowest BCUT2D eigenvalue weighted by Crippen LogP contribution is -2.25. The van der Waals surface area contributed by atoms with Crippen LogP contribution in [-0.2, 0) is 13.2 Å². The van der Waals surface area contributed by atoms with Gasteiger partial charge >= 0.3 is 0 Å². The Morgan fingerprint density at radius 2 is 1.61 bits per heavy atom. The van der Waals surface area contributed by atoms with Gasteiger partial charge in [-0.05, 0) is 80.6 Å². The topological polar surface area (TPSA) is 56.5 Å². The number of nitrogens with zero attached hydrogens (tertiary/aromatic N) is 2. The minimum Gasteiger partial charge on any atom is -0.491 e. The maximum atomic E-state index is 10.9. The van der Waals surface area contributed by atoms with Crippen LogP contribution < -0.4 is 9.47 Å². The first kappa shape index (κ1) is 22.9. The van der Waals surface area contributed by atoms with E-state index in [2.05, 4.69) is 19.9 Å². The number of aryl methyl sites for hydroxylation is 4. The summed E-state index contributed by atoms with van der Waals surface area (Å²) in [5, 5.41) is 10.9. The highest BCUT2D eigenvalue weighted by Gasteiger charge is 2.17. The van der Waals surface area contributed by atoms with Crippen LogP contribution in [0.25, 0.3) is 11.0 Å². The largest absolute Gasteiger partial charge is 0.491 e. The molecule has 33 heavy (non-hydrogen) atoms. The standard InChI is InChI=1S/C28H32N2O3/c1-18-13-21(4)22(5)26(14-18)32-16-23(31)15-30-25-12-7-6-11-24(25)29-27(30)17-33-28-19(2)9-8-10-20(28)3/h6-14,23,31H,15-17H2,1-5H3. The van der Waals surface area contributed by atoms with Crippen molar-refractivity contribution in [2.24, 2.45) is 0 Å². The second-order valence-electron chi connectivity index (χ2n) is 8.81. The average Bonchev–Trinajstić information content (AvgIpc) is 3.12. The van der Waals surface area contributed by atoms with Crippen molar-refractivity contribution in [3.05, 3.63) is 88.2 Å². The maximum absolute atomic E-state index is 10.9. The number of fused-ring (bicyclic) bond motifs is 1. The number of aliphatic hydroxyl groups is 1. The Hall–Kier alpha value is -3.31. The zero-order valence-corrected chi connectivity index (χ0v) is 20.1. The van der Waals surface area contributed by atoms with Gasteiger partial charge in [0.05, 0.1) is 17.6 Å². The molecule has 1 atom stereocenters. The Balaban J connectivity index is 1.53. The van der Waals surface area contributed by atoms with E-state index in [0.717, 1.165) is 50.6 Å². The van der Waals surface area contributed by atoms with Gasteiger partial charge < -0.3 is 19.1 Å². The summed E-state index contributed by atoms with van der Waals surface area (Å²) in [5.74, 6) is 2.48. The molecule has 1 heterocycles. The van der Waals surface area contributed by atoms with E-state index < -0.39 is 6.10 Å². The van der Waals surface area contributed by atoms with Gasteiger partial charge in [-0.1, -0.05) is 36.4 Å². The molecular weight excluding hydrogens is 412 g/mol. The zero-order chi connectivity index (χ0) is 23.5. The van der Waals surface area contributed by atoms with E-state index in [-0.39, 0.29) is 6.61 Å². The molecule has 5 heteroatoms. The molecule has 1 aromatic heterocycles. The minimum absolute atomic E-state index is 0.202. The molecule has 0 fully saturated rings. The third-order valence-corrected chi connectivity index (χ3v) is 6.08. The van der Waals surface area contributed by atoms with Gasteiger partial charge in [0.2, 0.25) is 0 Å². The molecule has 0 spiro atoms. The van der Waals surface area contributed by atoms with Gasteiger partial charge in [-0.3, -0.25) is 0 Å². The summed E-state index contributed by atoms with van der Waals surface area (Å²) in [7, 11) is 0. The third-order valence-electron chi connectivity index (χ3n) is 6.08. The fourth-order valence-corrected chi connectivity index (χ4v) is 4.20. The molecule has 0 bridgehead atoms. The Kier molecular flexibility index (Phi) is 6.70. The number of imidazole rings is 1. The van der Waals surface area contributed by atoms with Crippen molar-refractivity contribution in [3.8, 4) is 11.5 Å². The minimum atomic E-state index is -0.693. The number of para-hydroxylation sites is 3. The van der Waals surface area contributed by atoms with Gasteiger partial charge in [0.25, 0.3) is 0 Å².